The van der Waals surface area contributed by atoms with E-state index in [1.165, 1.54) is 22.7 Å². The molecule has 15 heavy (non-hydrogen) atoms. The molecular weight excluding hydrogens is 210 g/mol. The number of fused-ring (bicyclic) bond motifs is 1. The number of nitrogens with zero attached hydrogens (tertiary/aromatic N) is 2. The summed E-state index contributed by atoms with van der Waals surface area (Å²) in [5.74, 6) is 0.340. The van der Waals surface area contributed by atoms with Crippen LogP contribution in [0.15, 0.2) is 18.2 Å². The van der Waals surface area contributed by atoms with Crippen molar-refractivity contribution in [3.05, 3.63) is 29.3 Å². The number of aromatic nitrogens is 2. The van der Waals surface area contributed by atoms with Gasteiger partial charge >= 0.3 is 0 Å². The maximum atomic E-state index is 5.49. The first-order valence-corrected chi connectivity index (χ1v) is 5.39. The van der Waals surface area contributed by atoms with Crippen LogP contribution in [0.25, 0.3) is 10.6 Å². The molecule has 1 aromatic heterocycles. The van der Waals surface area contributed by atoms with Gasteiger partial charge in [-0.3, -0.25) is 0 Å². The molecule has 0 unspecified atom stereocenters. The normalized spacial score (nSPS) is 14.1. The molecule has 0 saturated carbocycles. The molecule has 0 fully saturated rings. The number of anilines is 1. The van der Waals surface area contributed by atoms with Gasteiger partial charge in [0.2, 0.25) is 5.95 Å². The third-order valence-corrected chi connectivity index (χ3v) is 3.19. The van der Waals surface area contributed by atoms with Gasteiger partial charge in [-0.25, -0.2) is 0 Å². The minimum Gasteiger partial charge on any atom is -0.372 e. The van der Waals surface area contributed by atoms with Crippen molar-refractivity contribution >= 4 is 17.5 Å². The van der Waals surface area contributed by atoms with Crippen LogP contribution in [-0.2, 0) is 18.0 Å². The second-order valence-electron chi connectivity index (χ2n) is 3.43. The molecule has 0 aliphatic carbocycles. The van der Waals surface area contributed by atoms with Gasteiger partial charge in [0, 0.05) is 5.56 Å². The molecule has 5 heteroatoms. The predicted molar refractivity (Wildman–Crippen MR) is 58.3 cm³/mol. The number of nitrogen functional groups attached to an aromatic ring is 1. The Morgan fingerprint density at radius 1 is 1.27 bits per heavy atom. The lowest BCUT2D eigenvalue weighted by Gasteiger charge is -1.99. The fraction of sp³-hybridized carbons (Fsp3) is 0.200. The summed E-state index contributed by atoms with van der Waals surface area (Å²) in [6, 6.07) is 6.21. The van der Waals surface area contributed by atoms with E-state index in [0.29, 0.717) is 19.2 Å². The molecule has 1 aliphatic rings. The molecule has 2 aromatic rings. The number of hydrogen-bond acceptors (Lipinski definition) is 5. The third kappa shape index (κ3) is 1.49. The summed E-state index contributed by atoms with van der Waals surface area (Å²) in [7, 11) is 0. The first kappa shape index (κ1) is 8.82. The first-order valence-electron chi connectivity index (χ1n) is 4.62. The van der Waals surface area contributed by atoms with Gasteiger partial charge in [-0.1, -0.05) is 12.1 Å². The van der Waals surface area contributed by atoms with E-state index in [-0.39, 0.29) is 0 Å². The number of benzene rings is 1. The molecule has 1 aromatic carbocycles. The molecule has 3 rings (SSSR count). The molecule has 76 valence electrons. The highest BCUT2D eigenvalue weighted by atomic mass is 32.1. The summed E-state index contributed by atoms with van der Waals surface area (Å²) in [4.78, 5) is 4.15. The Labute approximate surface area is 90.9 Å². The fourth-order valence-corrected chi connectivity index (χ4v) is 2.24. The van der Waals surface area contributed by atoms with E-state index in [1.807, 2.05) is 6.07 Å². The van der Waals surface area contributed by atoms with Crippen molar-refractivity contribution in [3.8, 4) is 10.6 Å². The minimum absolute atomic E-state index is 0.340. The van der Waals surface area contributed by atoms with Crippen molar-refractivity contribution in [1.29, 1.82) is 0 Å². The summed E-state index contributed by atoms with van der Waals surface area (Å²) in [5.41, 5.74) is 9.05. The second kappa shape index (κ2) is 3.29. The summed E-state index contributed by atoms with van der Waals surface area (Å²) < 4.78 is 9.32. The molecule has 0 amide bonds. The van der Waals surface area contributed by atoms with Gasteiger partial charge in [-0.15, -0.1) is 0 Å². The summed E-state index contributed by atoms with van der Waals surface area (Å²) in [6.45, 7) is 1.41. The minimum atomic E-state index is 0.340. The van der Waals surface area contributed by atoms with E-state index in [9.17, 15) is 0 Å². The van der Waals surface area contributed by atoms with E-state index in [0.717, 1.165) is 10.6 Å². The molecule has 2 N–H and O–H groups in total. The third-order valence-electron chi connectivity index (χ3n) is 2.41. The van der Waals surface area contributed by atoms with Crippen LogP contribution in [0.2, 0.25) is 0 Å². The fourth-order valence-electron chi connectivity index (χ4n) is 1.66. The molecule has 0 bridgehead atoms. The largest absolute Gasteiger partial charge is 0.372 e. The SMILES string of the molecule is Nc1nsc(-c2ccc3c(c2)COC3)n1. The van der Waals surface area contributed by atoms with Gasteiger partial charge in [-0.05, 0) is 28.7 Å². The lowest BCUT2D eigenvalue weighted by molar-refractivity contribution is 0.134. The van der Waals surface area contributed by atoms with Gasteiger partial charge in [-0.2, -0.15) is 9.36 Å². The zero-order valence-corrected chi connectivity index (χ0v) is 8.75. The van der Waals surface area contributed by atoms with Gasteiger partial charge in [0.25, 0.3) is 0 Å². The topological polar surface area (TPSA) is 61.0 Å². The number of ether oxygens (including phenoxy) is 1. The van der Waals surface area contributed by atoms with Crippen molar-refractivity contribution in [2.45, 2.75) is 13.2 Å². The van der Waals surface area contributed by atoms with Gasteiger partial charge < -0.3 is 10.5 Å². The van der Waals surface area contributed by atoms with E-state index >= 15 is 0 Å². The van der Waals surface area contributed by atoms with Gasteiger partial charge in [0.1, 0.15) is 5.01 Å². The summed E-state index contributed by atoms with van der Waals surface area (Å²) >= 11 is 1.32. The quantitative estimate of drug-likeness (QED) is 0.794. The molecule has 0 spiro atoms. The van der Waals surface area contributed by atoms with Crippen LogP contribution in [-0.4, -0.2) is 9.36 Å². The Balaban J connectivity index is 2.06. The summed E-state index contributed by atoms with van der Waals surface area (Å²) in [5, 5.41) is 0.863. The van der Waals surface area contributed by atoms with E-state index in [1.54, 1.807) is 0 Å². The average Bonchev–Trinajstić information content (AvgIpc) is 2.84. The van der Waals surface area contributed by atoms with E-state index < -0.39 is 0 Å². The number of rotatable bonds is 1. The lowest BCUT2D eigenvalue weighted by Crippen LogP contribution is -1.87. The van der Waals surface area contributed by atoms with E-state index in [4.69, 9.17) is 10.5 Å². The van der Waals surface area contributed by atoms with Crippen LogP contribution in [0.3, 0.4) is 0 Å². The molecular formula is C10H9N3OS. The highest BCUT2D eigenvalue weighted by molar-refractivity contribution is 7.09. The van der Waals surface area contributed by atoms with Crippen LogP contribution >= 0.6 is 11.5 Å². The number of hydrogen-bond donors (Lipinski definition) is 1. The smallest absolute Gasteiger partial charge is 0.232 e. The van der Waals surface area contributed by atoms with Crippen molar-refractivity contribution in [2.24, 2.45) is 0 Å². The zero-order chi connectivity index (χ0) is 10.3. The molecule has 4 nitrogen and oxygen atoms in total. The van der Waals surface area contributed by atoms with Crippen LogP contribution in [0.1, 0.15) is 11.1 Å². The Kier molecular flexibility index (Phi) is 1.93. The van der Waals surface area contributed by atoms with Crippen molar-refractivity contribution in [2.75, 3.05) is 5.73 Å². The van der Waals surface area contributed by atoms with Crippen molar-refractivity contribution in [1.82, 2.24) is 9.36 Å². The molecule has 1 aliphatic heterocycles. The van der Waals surface area contributed by atoms with Crippen molar-refractivity contribution < 1.29 is 4.74 Å². The van der Waals surface area contributed by atoms with E-state index in [2.05, 4.69) is 21.5 Å². The monoisotopic (exact) mass is 219 g/mol. The first-order chi connectivity index (χ1) is 7.33. The van der Waals surface area contributed by atoms with Gasteiger partial charge in [0.05, 0.1) is 13.2 Å². The highest BCUT2D eigenvalue weighted by Crippen LogP contribution is 2.28. The maximum Gasteiger partial charge on any atom is 0.232 e. The predicted octanol–water partition coefficient (Wildman–Crippen LogP) is 1.82. The average molecular weight is 219 g/mol. The van der Waals surface area contributed by atoms with Crippen LogP contribution in [0, 0.1) is 0 Å². The van der Waals surface area contributed by atoms with Gasteiger partial charge in [0.15, 0.2) is 0 Å². The Hall–Kier alpha value is -1.46. The van der Waals surface area contributed by atoms with Crippen LogP contribution < -0.4 is 5.73 Å². The number of nitrogens with two attached hydrogens (primary N) is 1. The van der Waals surface area contributed by atoms with Crippen molar-refractivity contribution in [3.63, 3.8) is 0 Å². The molecule has 2 heterocycles. The summed E-state index contributed by atoms with van der Waals surface area (Å²) in [6.07, 6.45) is 0. The molecule has 0 atom stereocenters. The lowest BCUT2D eigenvalue weighted by atomic mass is 10.1. The Morgan fingerprint density at radius 2 is 2.13 bits per heavy atom. The van der Waals surface area contributed by atoms with Crippen LogP contribution in [0.5, 0.6) is 0 Å². The second-order valence-corrected chi connectivity index (χ2v) is 4.19. The Morgan fingerprint density at radius 3 is 2.93 bits per heavy atom. The zero-order valence-electron chi connectivity index (χ0n) is 7.93. The highest BCUT2D eigenvalue weighted by Gasteiger charge is 2.13. The van der Waals surface area contributed by atoms with Crippen LogP contribution in [0.4, 0.5) is 5.95 Å². The molecule has 0 saturated heterocycles. The maximum absolute atomic E-state index is 5.49. The standard InChI is InChI=1S/C10H9N3OS/c11-10-12-9(15-13-10)6-1-2-7-4-14-5-8(7)3-6/h1-3H,4-5H2,(H2,11,13). The Bertz CT molecular complexity index is 509. The molecule has 0 radical (unpaired) electrons.